The van der Waals surface area contributed by atoms with Crippen molar-refractivity contribution >= 4 is 11.1 Å². The molecule has 0 fully saturated rings. The van der Waals surface area contributed by atoms with Crippen molar-refractivity contribution < 1.29 is 44.1 Å². The van der Waals surface area contributed by atoms with E-state index in [1.165, 1.54) is 18.2 Å². The van der Waals surface area contributed by atoms with Crippen LogP contribution >= 0.6 is 0 Å². The van der Waals surface area contributed by atoms with Gasteiger partial charge in [0.1, 0.15) is 10.7 Å². The van der Waals surface area contributed by atoms with E-state index in [-0.39, 0.29) is 35.9 Å². The molecule has 0 aliphatic rings. The van der Waals surface area contributed by atoms with E-state index in [4.69, 9.17) is 4.55 Å². The zero-order valence-corrected chi connectivity index (χ0v) is 8.77. The molecule has 1 atom stereocenters. The molecule has 0 amide bonds. The van der Waals surface area contributed by atoms with Crippen molar-refractivity contribution in [1.29, 1.82) is 0 Å². The van der Waals surface area contributed by atoms with Crippen LogP contribution in [0.15, 0.2) is 29.2 Å². The van der Waals surface area contributed by atoms with Crippen molar-refractivity contribution in [2.24, 2.45) is 0 Å². The molecule has 1 aromatic rings. The molecule has 0 heterocycles. The molecule has 1 aromatic carbocycles. The molecule has 2 nitrogen and oxygen atoms in total. The summed E-state index contributed by atoms with van der Waals surface area (Å²) in [5.41, 5.74) is 0. The molecular weight excluding hydrogens is 178 g/mol. The Hall–Kier alpha value is 0.260. The molecule has 11 heavy (non-hydrogen) atoms. The summed E-state index contributed by atoms with van der Waals surface area (Å²) in [4.78, 5) is -0.178. The number of halogens is 1. The fourth-order valence-electron chi connectivity index (χ4n) is 0.586. The minimum absolute atomic E-state index is 0. The van der Waals surface area contributed by atoms with Gasteiger partial charge in [-0.25, -0.2) is 8.60 Å². The summed E-state index contributed by atoms with van der Waals surface area (Å²) in [6.45, 7) is 0. The Morgan fingerprint density at radius 2 is 2.00 bits per heavy atom. The summed E-state index contributed by atoms with van der Waals surface area (Å²) >= 11 is -2.22. The number of hydrogen-bond acceptors (Lipinski definition) is 1. The topological polar surface area (TPSA) is 37.3 Å². The van der Waals surface area contributed by atoms with Crippen molar-refractivity contribution in [2.45, 2.75) is 4.90 Å². The Morgan fingerprint density at radius 3 is 2.36 bits per heavy atom. The van der Waals surface area contributed by atoms with Crippen molar-refractivity contribution in [1.82, 2.24) is 0 Å². The average Bonchev–Trinajstić information content (AvgIpc) is 1.88. The third-order valence-electron chi connectivity index (χ3n) is 1.02. The third-order valence-corrected chi connectivity index (χ3v) is 1.73. The summed E-state index contributed by atoms with van der Waals surface area (Å²) in [6.07, 6.45) is 0. The molecule has 0 aliphatic carbocycles. The van der Waals surface area contributed by atoms with E-state index in [1.54, 1.807) is 0 Å². The second-order valence-corrected chi connectivity index (χ2v) is 2.62. The molecule has 1 N–H and O–H groups in total. The van der Waals surface area contributed by atoms with Crippen molar-refractivity contribution in [2.75, 3.05) is 0 Å². The van der Waals surface area contributed by atoms with E-state index in [0.717, 1.165) is 6.07 Å². The Bertz CT molecular complexity index is 271. The molecule has 56 valence electrons. The van der Waals surface area contributed by atoms with Gasteiger partial charge in [-0.3, -0.25) is 0 Å². The second-order valence-electron chi connectivity index (χ2n) is 1.68. The van der Waals surface area contributed by atoms with E-state index in [9.17, 15) is 8.60 Å². The van der Waals surface area contributed by atoms with Gasteiger partial charge in [-0.2, -0.15) is 0 Å². The molecule has 0 spiro atoms. The Balaban J connectivity index is 0. The maximum atomic E-state index is 12.5. The largest absolute Gasteiger partial charge is 1.00 e. The minimum Gasteiger partial charge on any atom is -1.00 e. The van der Waals surface area contributed by atoms with Gasteiger partial charge in [0.25, 0.3) is 0 Å². The van der Waals surface area contributed by atoms with Crippen molar-refractivity contribution in [3.63, 3.8) is 0 Å². The molecular formula is C6H6FNaO2S. The summed E-state index contributed by atoms with van der Waals surface area (Å²) < 4.78 is 31.2. The summed E-state index contributed by atoms with van der Waals surface area (Å²) in [7, 11) is 0. The Labute approximate surface area is 89.9 Å². The fraction of sp³-hybridized carbons (Fsp3) is 0. The smallest absolute Gasteiger partial charge is 1.00 e. The van der Waals surface area contributed by atoms with Crippen LogP contribution in [0.4, 0.5) is 4.39 Å². The maximum absolute atomic E-state index is 12.5. The summed E-state index contributed by atoms with van der Waals surface area (Å²) in [5, 5.41) is 0. The van der Waals surface area contributed by atoms with Gasteiger partial charge >= 0.3 is 29.6 Å². The van der Waals surface area contributed by atoms with Crippen LogP contribution in [0.25, 0.3) is 0 Å². The van der Waals surface area contributed by atoms with E-state index < -0.39 is 16.9 Å². The quantitative estimate of drug-likeness (QED) is 0.427. The first kappa shape index (κ1) is 11.3. The average molecular weight is 184 g/mol. The van der Waals surface area contributed by atoms with Gasteiger partial charge in [0.2, 0.25) is 0 Å². The predicted molar refractivity (Wildman–Crippen MR) is 36.5 cm³/mol. The van der Waals surface area contributed by atoms with Gasteiger partial charge < -0.3 is 5.98 Å². The Kier molecular flexibility index (Phi) is 5.12. The van der Waals surface area contributed by atoms with Crippen molar-refractivity contribution in [3.8, 4) is 0 Å². The predicted octanol–water partition coefficient (Wildman–Crippen LogP) is -1.48. The zero-order valence-electron chi connectivity index (χ0n) is 6.95. The molecule has 1 rings (SSSR count). The van der Waals surface area contributed by atoms with Gasteiger partial charge in [-0.05, 0) is 12.1 Å². The maximum Gasteiger partial charge on any atom is 1.00 e. The standard InChI is InChI=1S/C6H5FO2S.Na.H/c7-5-3-1-2-4-6(5)10(8)9;;/h1-4H,(H,8,9);;/q;+1;-1. The van der Waals surface area contributed by atoms with E-state index in [1.807, 2.05) is 0 Å². The molecule has 1 unspecified atom stereocenters. The van der Waals surface area contributed by atoms with Crippen molar-refractivity contribution in [3.05, 3.63) is 30.1 Å². The molecule has 0 radical (unpaired) electrons. The van der Waals surface area contributed by atoms with Gasteiger partial charge in [-0.1, -0.05) is 12.1 Å². The molecule has 5 heteroatoms. The van der Waals surface area contributed by atoms with E-state index in [2.05, 4.69) is 0 Å². The SMILES string of the molecule is O=S(O)c1ccccc1F.[H-].[Na+]. The van der Waals surface area contributed by atoms with Gasteiger partial charge in [0, 0.05) is 0 Å². The third kappa shape index (κ3) is 3.01. The van der Waals surface area contributed by atoms with E-state index in [0.29, 0.717) is 0 Å². The van der Waals surface area contributed by atoms with Crippen LogP contribution in [0.1, 0.15) is 1.43 Å². The minimum atomic E-state index is -2.22. The van der Waals surface area contributed by atoms with Crippen LogP contribution in [-0.2, 0) is 11.1 Å². The first-order chi connectivity index (χ1) is 4.72. The second kappa shape index (κ2) is 5.00. The normalized spacial score (nSPS) is 11.8. The number of hydrogen-bond donors (Lipinski definition) is 1. The van der Waals surface area contributed by atoms with Crippen LogP contribution in [0.2, 0.25) is 0 Å². The molecule has 0 aromatic heterocycles. The number of rotatable bonds is 1. The van der Waals surface area contributed by atoms with Crippen LogP contribution in [0, 0.1) is 5.82 Å². The molecule has 0 saturated heterocycles. The monoisotopic (exact) mass is 184 g/mol. The van der Waals surface area contributed by atoms with E-state index >= 15 is 0 Å². The van der Waals surface area contributed by atoms with Gasteiger partial charge in [0.15, 0.2) is 11.1 Å². The van der Waals surface area contributed by atoms with Gasteiger partial charge in [-0.15, -0.1) is 0 Å². The Morgan fingerprint density at radius 1 is 1.45 bits per heavy atom. The van der Waals surface area contributed by atoms with Gasteiger partial charge in [0.05, 0.1) is 0 Å². The first-order valence-electron chi connectivity index (χ1n) is 2.57. The zero-order chi connectivity index (χ0) is 7.56. The van der Waals surface area contributed by atoms with Crippen LogP contribution in [0.5, 0.6) is 0 Å². The van der Waals surface area contributed by atoms with Crippen LogP contribution in [0.3, 0.4) is 0 Å². The van der Waals surface area contributed by atoms with Crippen LogP contribution < -0.4 is 29.6 Å². The molecule has 0 aliphatic heterocycles. The number of benzene rings is 1. The molecule has 0 saturated carbocycles. The summed E-state index contributed by atoms with van der Waals surface area (Å²) in [5.74, 6) is -0.650. The fourth-order valence-corrected chi connectivity index (χ4v) is 1.02. The molecule has 0 bridgehead atoms. The van der Waals surface area contributed by atoms with Crippen LogP contribution in [-0.4, -0.2) is 8.76 Å². The first-order valence-corrected chi connectivity index (χ1v) is 3.68. The summed E-state index contributed by atoms with van der Waals surface area (Å²) in [6, 6.07) is 5.38.